The monoisotopic (exact) mass is 397 g/mol. The van der Waals surface area contributed by atoms with Crippen LogP contribution in [-0.2, 0) is 6.54 Å². The zero-order chi connectivity index (χ0) is 20.9. The summed E-state index contributed by atoms with van der Waals surface area (Å²) in [6, 6.07) is 26.6. The fourth-order valence-corrected chi connectivity index (χ4v) is 3.77. The molecule has 0 bridgehead atoms. The highest BCUT2D eigenvalue weighted by molar-refractivity contribution is 6.03. The molecule has 4 heteroatoms. The number of anilines is 1. The first-order valence-corrected chi connectivity index (χ1v) is 10.5. The summed E-state index contributed by atoms with van der Waals surface area (Å²) in [5, 5.41) is 4.57. The van der Waals surface area contributed by atoms with E-state index >= 15 is 0 Å². The molecule has 0 aliphatic heterocycles. The number of carbonyl (C=O) groups excluding carboxylic acids is 1. The number of fused-ring (bicyclic) bond motifs is 1. The molecule has 1 heterocycles. The van der Waals surface area contributed by atoms with Crippen LogP contribution in [0.4, 0.5) is 5.69 Å². The summed E-state index contributed by atoms with van der Waals surface area (Å²) >= 11 is 0. The molecule has 30 heavy (non-hydrogen) atoms. The Kier molecular flexibility index (Phi) is 5.84. The number of hydrogen-bond donors (Lipinski definition) is 2. The van der Waals surface area contributed by atoms with Gasteiger partial charge in [-0.25, -0.2) is 0 Å². The van der Waals surface area contributed by atoms with Gasteiger partial charge in [0.15, 0.2) is 0 Å². The van der Waals surface area contributed by atoms with Crippen LogP contribution in [0.3, 0.4) is 0 Å². The number of benzene rings is 3. The van der Waals surface area contributed by atoms with E-state index in [2.05, 4.69) is 40.6 Å². The van der Waals surface area contributed by atoms with Crippen LogP contribution < -0.4 is 5.32 Å². The highest BCUT2D eigenvalue weighted by Gasteiger charge is 2.17. The molecule has 0 spiro atoms. The molecule has 1 amide bonds. The molecule has 4 aromatic rings. The summed E-state index contributed by atoms with van der Waals surface area (Å²) in [5.41, 5.74) is 6.02. The van der Waals surface area contributed by atoms with E-state index in [-0.39, 0.29) is 5.91 Å². The van der Waals surface area contributed by atoms with Gasteiger partial charge in [-0.05, 0) is 43.2 Å². The van der Waals surface area contributed by atoms with Crippen molar-refractivity contribution in [2.75, 3.05) is 18.4 Å². The second-order valence-corrected chi connectivity index (χ2v) is 7.35. The van der Waals surface area contributed by atoms with Crippen molar-refractivity contribution < 1.29 is 4.79 Å². The molecule has 0 fully saturated rings. The van der Waals surface area contributed by atoms with Gasteiger partial charge in [0, 0.05) is 36.3 Å². The SMILES string of the molecule is CCN(CC)C(=O)c1cc(NCc2ccccc2)c2[nH]c(-c3ccccc3)cc2c1. The Bertz CT molecular complexity index is 1130. The molecule has 3 aromatic carbocycles. The molecule has 4 nitrogen and oxygen atoms in total. The third kappa shape index (κ3) is 4.08. The minimum Gasteiger partial charge on any atom is -0.379 e. The number of aromatic amines is 1. The van der Waals surface area contributed by atoms with Gasteiger partial charge in [-0.2, -0.15) is 0 Å². The molecule has 2 N–H and O–H groups in total. The number of nitrogens with zero attached hydrogens (tertiary/aromatic N) is 1. The Labute approximate surface area is 177 Å². The van der Waals surface area contributed by atoms with E-state index in [1.54, 1.807) is 0 Å². The summed E-state index contributed by atoms with van der Waals surface area (Å²) in [7, 11) is 0. The number of rotatable bonds is 7. The van der Waals surface area contributed by atoms with Gasteiger partial charge in [-0.1, -0.05) is 60.7 Å². The predicted molar refractivity (Wildman–Crippen MR) is 125 cm³/mol. The fraction of sp³-hybridized carbons (Fsp3) is 0.192. The third-order valence-corrected chi connectivity index (χ3v) is 5.44. The Morgan fingerprint density at radius 1 is 0.900 bits per heavy atom. The van der Waals surface area contributed by atoms with Gasteiger partial charge in [-0.3, -0.25) is 4.79 Å². The predicted octanol–water partition coefficient (Wildman–Crippen LogP) is 5.93. The van der Waals surface area contributed by atoms with Gasteiger partial charge in [0.05, 0.1) is 11.2 Å². The summed E-state index contributed by atoms with van der Waals surface area (Å²) in [5.74, 6) is 0.0622. The summed E-state index contributed by atoms with van der Waals surface area (Å²) in [6.45, 7) is 6.11. The Morgan fingerprint density at radius 2 is 1.57 bits per heavy atom. The number of carbonyl (C=O) groups is 1. The van der Waals surface area contributed by atoms with Crippen molar-refractivity contribution in [3.63, 3.8) is 0 Å². The van der Waals surface area contributed by atoms with Crippen molar-refractivity contribution in [2.24, 2.45) is 0 Å². The molecule has 1 aromatic heterocycles. The first kappa shape index (κ1) is 19.8. The summed E-state index contributed by atoms with van der Waals surface area (Å²) in [4.78, 5) is 18.4. The average Bonchev–Trinajstić information content (AvgIpc) is 3.24. The normalized spacial score (nSPS) is 10.9. The van der Waals surface area contributed by atoms with Crippen LogP contribution in [-0.4, -0.2) is 28.9 Å². The van der Waals surface area contributed by atoms with Crippen LogP contribution in [0.2, 0.25) is 0 Å². The molecular weight excluding hydrogens is 370 g/mol. The van der Waals surface area contributed by atoms with Gasteiger partial charge in [0.2, 0.25) is 0 Å². The lowest BCUT2D eigenvalue weighted by atomic mass is 10.1. The van der Waals surface area contributed by atoms with Crippen LogP contribution in [0.1, 0.15) is 29.8 Å². The summed E-state index contributed by atoms with van der Waals surface area (Å²) in [6.07, 6.45) is 0. The molecule has 0 unspecified atom stereocenters. The number of aromatic nitrogens is 1. The van der Waals surface area contributed by atoms with Crippen LogP contribution in [0.25, 0.3) is 22.2 Å². The van der Waals surface area contributed by atoms with Crippen molar-refractivity contribution in [3.8, 4) is 11.3 Å². The van der Waals surface area contributed by atoms with Crippen molar-refractivity contribution >= 4 is 22.5 Å². The van der Waals surface area contributed by atoms with Gasteiger partial charge in [0.1, 0.15) is 0 Å². The van der Waals surface area contributed by atoms with Crippen LogP contribution >= 0.6 is 0 Å². The molecule has 0 aliphatic carbocycles. The second kappa shape index (κ2) is 8.87. The minimum absolute atomic E-state index is 0.0622. The van der Waals surface area contributed by atoms with E-state index in [4.69, 9.17) is 0 Å². The lowest BCUT2D eigenvalue weighted by Gasteiger charge is -2.19. The second-order valence-electron chi connectivity index (χ2n) is 7.35. The molecule has 0 saturated heterocycles. The van der Waals surface area contributed by atoms with Crippen molar-refractivity contribution in [1.29, 1.82) is 0 Å². The number of nitrogens with one attached hydrogen (secondary N) is 2. The van der Waals surface area contributed by atoms with E-state index in [1.165, 1.54) is 5.56 Å². The lowest BCUT2D eigenvalue weighted by Crippen LogP contribution is -2.30. The van der Waals surface area contributed by atoms with E-state index in [0.717, 1.165) is 27.8 Å². The van der Waals surface area contributed by atoms with Gasteiger partial charge < -0.3 is 15.2 Å². The molecular formula is C26H27N3O. The van der Waals surface area contributed by atoms with Crippen LogP contribution in [0.15, 0.2) is 78.9 Å². The van der Waals surface area contributed by atoms with Crippen molar-refractivity contribution in [2.45, 2.75) is 20.4 Å². The fourth-order valence-electron chi connectivity index (χ4n) is 3.77. The highest BCUT2D eigenvalue weighted by Crippen LogP contribution is 2.31. The molecule has 0 saturated carbocycles. The van der Waals surface area contributed by atoms with E-state index in [9.17, 15) is 4.79 Å². The smallest absolute Gasteiger partial charge is 0.253 e. The van der Waals surface area contributed by atoms with Crippen LogP contribution in [0, 0.1) is 0 Å². The Morgan fingerprint density at radius 3 is 2.23 bits per heavy atom. The highest BCUT2D eigenvalue weighted by atomic mass is 16.2. The zero-order valence-corrected chi connectivity index (χ0v) is 17.5. The van der Waals surface area contributed by atoms with E-state index < -0.39 is 0 Å². The molecule has 0 aliphatic rings. The van der Waals surface area contributed by atoms with E-state index in [1.807, 2.05) is 67.3 Å². The van der Waals surface area contributed by atoms with Gasteiger partial charge in [0.25, 0.3) is 5.91 Å². The minimum atomic E-state index is 0.0622. The largest absolute Gasteiger partial charge is 0.379 e. The first-order valence-electron chi connectivity index (χ1n) is 10.5. The van der Waals surface area contributed by atoms with Crippen LogP contribution in [0.5, 0.6) is 0 Å². The summed E-state index contributed by atoms with van der Waals surface area (Å²) < 4.78 is 0. The van der Waals surface area contributed by atoms with Crippen molar-refractivity contribution in [1.82, 2.24) is 9.88 Å². The van der Waals surface area contributed by atoms with Gasteiger partial charge >= 0.3 is 0 Å². The standard InChI is InChI=1S/C26H27N3O/c1-3-29(4-2)26(30)22-15-21-16-23(20-13-9-6-10-14-20)28-25(21)24(17-22)27-18-19-11-7-5-8-12-19/h5-17,27-28H,3-4,18H2,1-2H3. The Balaban J connectivity index is 1.77. The van der Waals surface area contributed by atoms with E-state index in [0.29, 0.717) is 25.2 Å². The molecule has 4 rings (SSSR count). The number of hydrogen-bond acceptors (Lipinski definition) is 2. The number of H-pyrrole nitrogens is 1. The molecule has 0 radical (unpaired) electrons. The number of amides is 1. The first-order chi connectivity index (χ1) is 14.7. The van der Waals surface area contributed by atoms with Crippen molar-refractivity contribution in [3.05, 3.63) is 90.0 Å². The maximum Gasteiger partial charge on any atom is 0.253 e. The maximum absolute atomic E-state index is 13.0. The van der Waals surface area contributed by atoms with Gasteiger partial charge in [-0.15, -0.1) is 0 Å². The zero-order valence-electron chi connectivity index (χ0n) is 17.5. The topological polar surface area (TPSA) is 48.1 Å². The Hall–Kier alpha value is -3.53. The molecule has 0 atom stereocenters. The third-order valence-electron chi connectivity index (χ3n) is 5.44. The molecule has 152 valence electrons. The quantitative estimate of drug-likeness (QED) is 0.406. The lowest BCUT2D eigenvalue weighted by molar-refractivity contribution is 0.0773. The average molecular weight is 398 g/mol. The maximum atomic E-state index is 13.0.